The van der Waals surface area contributed by atoms with Gasteiger partial charge in [-0.15, -0.1) is 23.5 Å². The van der Waals surface area contributed by atoms with E-state index in [0.717, 1.165) is 17.2 Å². The van der Waals surface area contributed by atoms with Gasteiger partial charge >= 0.3 is 0 Å². The van der Waals surface area contributed by atoms with Crippen molar-refractivity contribution in [3.63, 3.8) is 0 Å². The van der Waals surface area contributed by atoms with Gasteiger partial charge in [-0.3, -0.25) is 4.79 Å². The maximum atomic E-state index is 13.1. The SMILES string of the molecule is NC(=O)[C@@H](Nc1cccc(C2SCCS2)c1)c1ccc(F)cc1. The third kappa shape index (κ3) is 4.00. The Morgan fingerprint density at radius 3 is 2.52 bits per heavy atom. The standard InChI is InChI=1S/C17H17FN2OS2/c18-13-6-4-11(5-7-13)15(16(19)21)20-14-3-1-2-12(10-14)17-22-8-9-23-17/h1-7,10,15,17,20H,8-9H2,(H2,19,21)/t15-/m0/s1. The fraction of sp³-hybridized carbons (Fsp3) is 0.235. The van der Waals surface area contributed by atoms with Crippen LogP contribution >= 0.6 is 23.5 Å². The number of hydrogen-bond acceptors (Lipinski definition) is 4. The summed E-state index contributed by atoms with van der Waals surface area (Å²) in [4.78, 5) is 11.8. The van der Waals surface area contributed by atoms with Crippen molar-refractivity contribution in [1.82, 2.24) is 0 Å². The number of nitrogens with two attached hydrogens (primary N) is 1. The van der Waals surface area contributed by atoms with Gasteiger partial charge in [-0.05, 0) is 35.4 Å². The largest absolute Gasteiger partial charge is 0.370 e. The zero-order valence-electron chi connectivity index (χ0n) is 12.4. The van der Waals surface area contributed by atoms with Crippen molar-refractivity contribution in [1.29, 1.82) is 0 Å². The predicted octanol–water partition coefficient (Wildman–Crippen LogP) is 3.94. The Hall–Kier alpha value is -1.66. The van der Waals surface area contributed by atoms with Crippen LogP contribution in [0.4, 0.5) is 10.1 Å². The number of halogens is 1. The van der Waals surface area contributed by atoms with E-state index in [1.54, 1.807) is 12.1 Å². The highest BCUT2D eigenvalue weighted by atomic mass is 32.2. The van der Waals surface area contributed by atoms with Gasteiger partial charge in [-0.1, -0.05) is 24.3 Å². The van der Waals surface area contributed by atoms with Crippen molar-refractivity contribution in [2.45, 2.75) is 10.6 Å². The van der Waals surface area contributed by atoms with Crippen LogP contribution in [0.5, 0.6) is 0 Å². The number of carbonyl (C=O) groups excluding carboxylic acids is 1. The number of nitrogens with one attached hydrogen (secondary N) is 1. The molecule has 0 aromatic heterocycles. The maximum Gasteiger partial charge on any atom is 0.244 e. The molecule has 0 saturated carbocycles. The van der Waals surface area contributed by atoms with Crippen LogP contribution in [0.25, 0.3) is 0 Å². The predicted molar refractivity (Wildman–Crippen MR) is 96.1 cm³/mol. The minimum Gasteiger partial charge on any atom is -0.370 e. The molecule has 1 saturated heterocycles. The molecule has 1 amide bonds. The monoisotopic (exact) mass is 348 g/mol. The Bertz CT molecular complexity index is 687. The van der Waals surface area contributed by atoms with Crippen LogP contribution in [0.2, 0.25) is 0 Å². The average Bonchev–Trinajstić information content (AvgIpc) is 3.08. The summed E-state index contributed by atoms with van der Waals surface area (Å²) in [5.41, 5.74) is 8.22. The smallest absolute Gasteiger partial charge is 0.244 e. The lowest BCUT2D eigenvalue weighted by Gasteiger charge is -2.18. The van der Waals surface area contributed by atoms with Crippen molar-refractivity contribution < 1.29 is 9.18 Å². The van der Waals surface area contributed by atoms with Crippen molar-refractivity contribution in [3.05, 3.63) is 65.5 Å². The summed E-state index contributed by atoms with van der Waals surface area (Å²) >= 11 is 3.86. The van der Waals surface area contributed by atoms with Crippen molar-refractivity contribution >= 4 is 35.1 Å². The van der Waals surface area contributed by atoms with Crippen LogP contribution in [0.1, 0.15) is 21.8 Å². The zero-order chi connectivity index (χ0) is 16.2. The van der Waals surface area contributed by atoms with Crippen LogP contribution in [0.15, 0.2) is 48.5 Å². The van der Waals surface area contributed by atoms with Gasteiger partial charge < -0.3 is 11.1 Å². The first-order chi connectivity index (χ1) is 11.1. The third-order valence-corrected chi connectivity index (χ3v) is 6.68. The van der Waals surface area contributed by atoms with E-state index in [1.807, 2.05) is 35.7 Å². The minimum absolute atomic E-state index is 0.339. The molecule has 0 aliphatic carbocycles. The molecule has 0 radical (unpaired) electrons. The number of primary amides is 1. The molecule has 1 atom stereocenters. The first kappa shape index (κ1) is 16.2. The number of thioether (sulfide) groups is 2. The Morgan fingerprint density at radius 1 is 1.17 bits per heavy atom. The second kappa shape index (κ2) is 7.27. The second-order valence-electron chi connectivity index (χ2n) is 5.23. The molecule has 0 bridgehead atoms. The van der Waals surface area contributed by atoms with E-state index < -0.39 is 11.9 Å². The van der Waals surface area contributed by atoms with Crippen molar-refractivity contribution in [2.75, 3.05) is 16.8 Å². The molecular weight excluding hydrogens is 331 g/mol. The molecule has 1 aliphatic heterocycles. The molecule has 0 spiro atoms. The average molecular weight is 348 g/mol. The number of anilines is 1. The summed E-state index contributed by atoms with van der Waals surface area (Å²) in [5.74, 6) is 1.49. The molecule has 3 nitrogen and oxygen atoms in total. The lowest BCUT2D eigenvalue weighted by atomic mass is 10.1. The van der Waals surface area contributed by atoms with Gasteiger partial charge in [0.15, 0.2) is 0 Å². The van der Waals surface area contributed by atoms with Crippen LogP contribution < -0.4 is 11.1 Å². The summed E-state index contributed by atoms with van der Waals surface area (Å²) in [5, 5.41) is 3.16. The van der Waals surface area contributed by atoms with Crippen LogP contribution in [0.3, 0.4) is 0 Å². The Labute approximate surface area is 143 Å². The Balaban J connectivity index is 1.81. The molecule has 1 fully saturated rings. The highest BCUT2D eigenvalue weighted by Gasteiger charge is 2.20. The summed E-state index contributed by atoms with van der Waals surface area (Å²) in [7, 11) is 0. The number of carbonyl (C=O) groups is 1. The van der Waals surface area contributed by atoms with E-state index >= 15 is 0 Å². The molecule has 1 aliphatic rings. The normalized spacial score (nSPS) is 16.2. The molecule has 3 N–H and O–H groups in total. The van der Waals surface area contributed by atoms with Crippen molar-refractivity contribution in [2.24, 2.45) is 5.73 Å². The fourth-order valence-electron chi connectivity index (χ4n) is 2.47. The van der Waals surface area contributed by atoms with E-state index in [2.05, 4.69) is 17.4 Å². The zero-order valence-corrected chi connectivity index (χ0v) is 14.0. The molecular formula is C17H17FN2OS2. The molecule has 6 heteroatoms. The third-order valence-electron chi connectivity index (χ3n) is 3.58. The number of rotatable bonds is 5. The summed E-state index contributed by atoms with van der Waals surface area (Å²) in [6.07, 6.45) is 0. The molecule has 2 aromatic carbocycles. The summed E-state index contributed by atoms with van der Waals surface area (Å²) < 4.78 is 13.5. The first-order valence-corrected chi connectivity index (χ1v) is 9.38. The van der Waals surface area contributed by atoms with Gasteiger partial charge in [-0.25, -0.2) is 4.39 Å². The molecule has 2 aromatic rings. The highest BCUT2D eigenvalue weighted by molar-refractivity contribution is 8.19. The lowest BCUT2D eigenvalue weighted by molar-refractivity contribution is -0.118. The molecule has 120 valence electrons. The summed E-state index contributed by atoms with van der Waals surface area (Å²) in [6, 6.07) is 13.1. The van der Waals surface area contributed by atoms with Crippen molar-refractivity contribution in [3.8, 4) is 0 Å². The number of benzene rings is 2. The highest BCUT2D eigenvalue weighted by Crippen LogP contribution is 2.45. The molecule has 1 heterocycles. The van der Waals surface area contributed by atoms with Crippen LogP contribution in [-0.2, 0) is 4.79 Å². The van der Waals surface area contributed by atoms with E-state index in [4.69, 9.17) is 5.73 Å². The first-order valence-electron chi connectivity index (χ1n) is 7.28. The molecule has 0 unspecified atom stereocenters. The maximum absolute atomic E-state index is 13.1. The Morgan fingerprint density at radius 2 is 1.87 bits per heavy atom. The second-order valence-corrected chi connectivity index (χ2v) is 7.95. The van der Waals surface area contributed by atoms with E-state index in [1.165, 1.54) is 17.7 Å². The Kier molecular flexibility index (Phi) is 5.13. The van der Waals surface area contributed by atoms with Gasteiger partial charge in [0.2, 0.25) is 5.91 Å². The van der Waals surface area contributed by atoms with Gasteiger partial charge in [0.05, 0.1) is 4.58 Å². The lowest BCUT2D eigenvalue weighted by Crippen LogP contribution is -2.27. The van der Waals surface area contributed by atoms with E-state index in [-0.39, 0.29) is 5.82 Å². The fourth-order valence-corrected chi connectivity index (χ4v) is 5.30. The topological polar surface area (TPSA) is 55.1 Å². The number of amides is 1. The van der Waals surface area contributed by atoms with Gasteiger partial charge in [0.1, 0.15) is 11.9 Å². The van der Waals surface area contributed by atoms with Gasteiger partial charge in [0.25, 0.3) is 0 Å². The van der Waals surface area contributed by atoms with Gasteiger partial charge in [0, 0.05) is 17.2 Å². The van der Waals surface area contributed by atoms with E-state index in [0.29, 0.717) is 10.1 Å². The van der Waals surface area contributed by atoms with Crippen LogP contribution in [0, 0.1) is 5.82 Å². The number of hydrogen-bond donors (Lipinski definition) is 2. The quantitative estimate of drug-likeness (QED) is 0.859. The van der Waals surface area contributed by atoms with Crippen LogP contribution in [-0.4, -0.2) is 17.4 Å². The minimum atomic E-state index is -0.685. The molecule has 3 rings (SSSR count). The van der Waals surface area contributed by atoms with Gasteiger partial charge in [-0.2, -0.15) is 0 Å². The summed E-state index contributed by atoms with van der Waals surface area (Å²) in [6.45, 7) is 0. The molecule has 23 heavy (non-hydrogen) atoms. The van der Waals surface area contributed by atoms with E-state index in [9.17, 15) is 9.18 Å².